The minimum atomic E-state index is -0.952. The second-order valence-corrected chi connectivity index (χ2v) is 9.62. The molecule has 126 valence electrons. The van der Waals surface area contributed by atoms with Crippen LogP contribution >= 0.6 is 0 Å². The molecule has 2 unspecified atom stereocenters. The molecule has 0 saturated carbocycles. The molecule has 5 nitrogen and oxygen atoms in total. The molecular formula is C17H26N4OS. The fourth-order valence-electron chi connectivity index (χ4n) is 3.93. The van der Waals surface area contributed by atoms with Crippen LogP contribution in [0.2, 0.25) is 0 Å². The van der Waals surface area contributed by atoms with E-state index in [2.05, 4.69) is 31.0 Å². The van der Waals surface area contributed by atoms with Crippen LogP contribution < -0.4 is 5.32 Å². The number of aryl methyl sites for hydroxylation is 1. The van der Waals surface area contributed by atoms with Crippen LogP contribution in [0, 0.1) is 5.92 Å². The van der Waals surface area contributed by atoms with E-state index in [4.69, 9.17) is 9.97 Å². The summed E-state index contributed by atoms with van der Waals surface area (Å²) in [5.41, 5.74) is 0.900. The number of hydrogen-bond donors (Lipinski definition) is 1. The lowest BCUT2D eigenvalue weighted by Gasteiger charge is -2.45. The summed E-state index contributed by atoms with van der Waals surface area (Å²) >= 11 is 0. The molecule has 0 radical (unpaired) electrons. The Morgan fingerprint density at radius 1 is 1.22 bits per heavy atom. The lowest BCUT2D eigenvalue weighted by molar-refractivity contribution is 0.0972. The van der Waals surface area contributed by atoms with Crippen LogP contribution in [0.3, 0.4) is 0 Å². The number of aromatic nitrogens is 2. The van der Waals surface area contributed by atoms with E-state index in [0.717, 1.165) is 41.1 Å². The number of hydrogen-bond acceptors (Lipinski definition) is 5. The van der Waals surface area contributed by atoms with Crippen molar-refractivity contribution >= 4 is 16.6 Å². The predicted molar refractivity (Wildman–Crippen MR) is 92.3 cm³/mol. The summed E-state index contributed by atoms with van der Waals surface area (Å²) in [7, 11) is -0.952. The van der Waals surface area contributed by atoms with E-state index in [9.17, 15) is 4.21 Å². The summed E-state index contributed by atoms with van der Waals surface area (Å²) < 4.78 is 12.4. The molecule has 4 aliphatic rings. The zero-order valence-electron chi connectivity index (χ0n) is 14.3. The van der Waals surface area contributed by atoms with Gasteiger partial charge in [-0.25, -0.2) is 9.97 Å². The van der Waals surface area contributed by atoms with Crippen molar-refractivity contribution in [2.75, 3.05) is 30.7 Å². The van der Waals surface area contributed by atoms with E-state index in [1.165, 1.54) is 25.9 Å². The topological polar surface area (TPSA) is 58.1 Å². The SMILES string of the molecule is CC(C)(C)c1nc2c(c(NC3CN4CCC3CC4)n1)S(=O)CC2. The molecule has 1 aromatic rings. The number of fused-ring (bicyclic) bond motifs is 4. The number of rotatable bonds is 2. The highest BCUT2D eigenvalue weighted by atomic mass is 32.2. The van der Waals surface area contributed by atoms with Crippen LogP contribution in [0.15, 0.2) is 4.90 Å². The van der Waals surface area contributed by atoms with Crippen LogP contribution in [-0.2, 0) is 22.6 Å². The van der Waals surface area contributed by atoms with Crippen molar-refractivity contribution in [3.8, 4) is 0 Å². The van der Waals surface area contributed by atoms with Crippen LogP contribution in [0.25, 0.3) is 0 Å². The average Bonchev–Trinajstić information content (AvgIpc) is 2.89. The third-order valence-electron chi connectivity index (χ3n) is 5.34. The minimum Gasteiger partial charge on any atom is -0.365 e. The quantitative estimate of drug-likeness (QED) is 0.896. The minimum absolute atomic E-state index is 0.0926. The van der Waals surface area contributed by atoms with Gasteiger partial charge in [0.2, 0.25) is 0 Å². The molecule has 5 heterocycles. The number of nitrogens with one attached hydrogen (secondary N) is 1. The lowest BCUT2D eigenvalue weighted by Crippen LogP contribution is -2.53. The van der Waals surface area contributed by atoms with Crippen molar-refractivity contribution in [3.05, 3.63) is 11.5 Å². The molecule has 6 heteroatoms. The molecule has 23 heavy (non-hydrogen) atoms. The highest BCUT2D eigenvalue weighted by Gasteiger charge is 2.36. The van der Waals surface area contributed by atoms with Gasteiger partial charge >= 0.3 is 0 Å². The van der Waals surface area contributed by atoms with E-state index in [1.807, 2.05) is 0 Å². The molecule has 0 aliphatic carbocycles. The van der Waals surface area contributed by atoms with Crippen LogP contribution in [0.5, 0.6) is 0 Å². The van der Waals surface area contributed by atoms with E-state index < -0.39 is 10.8 Å². The van der Waals surface area contributed by atoms with Crippen molar-refractivity contribution in [2.24, 2.45) is 5.92 Å². The Bertz CT molecular complexity index is 647. The van der Waals surface area contributed by atoms with E-state index in [0.29, 0.717) is 11.8 Å². The summed E-state index contributed by atoms with van der Waals surface area (Å²) in [6, 6.07) is 0.432. The first-order valence-electron chi connectivity index (χ1n) is 8.70. The van der Waals surface area contributed by atoms with Gasteiger partial charge in [0.25, 0.3) is 0 Å². The molecule has 2 bridgehead atoms. The molecule has 0 aromatic carbocycles. The van der Waals surface area contributed by atoms with Gasteiger partial charge in [-0.15, -0.1) is 0 Å². The van der Waals surface area contributed by atoms with Gasteiger partial charge < -0.3 is 10.2 Å². The predicted octanol–water partition coefficient (Wildman–Crippen LogP) is 1.94. The van der Waals surface area contributed by atoms with E-state index in [-0.39, 0.29) is 5.41 Å². The molecule has 1 aromatic heterocycles. The summed E-state index contributed by atoms with van der Waals surface area (Å²) in [6.45, 7) is 9.95. The summed E-state index contributed by atoms with van der Waals surface area (Å²) in [5, 5.41) is 3.67. The van der Waals surface area contributed by atoms with Gasteiger partial charge in [-0.05, 0) is 31.8 Å². The Hall–Kier alpha value is -1.01. The highest BCUT2D eigenvalue weighted by Crippen LogP contribution is 2.34. The van der Waals surface area contributed by atoms with Crippen molar-refractivity contribution in [1.82, 2.24) is 14.9 Å². The van der Waals surface area contributed by atoms with Gasteiger partial charge in [-0.3, -0.25) is 4.21 Å². The molecule has 0 amide bonds. The summed E-state index contributed by atoms with van der Waals surface area (Å²) in [5.74, 6) is 3.11. The van der Waals surface area contributed by atoms with Gasteiger partial charge in [0, 0.05) is 30.2 Å². The first kappa shape index (κ1) is 15.5. The van der Waals surface area contributed by atoms with Crippen molar-refractivity contribution in [3.63, 3.8) is 0 Å². The third kappa shape index (κ3) is 2.80. The molecule has 3 fully saturated rings. The molecule has 3 saturated heterocycles. The molecule has 4 aliphatic heterocycles. The normalized spacial score (nSPS) is 32.8. The molecule has 2 atom stereocenters. The largest absolute Gasteiger partial charge is 0.365 e. The Morgan fingerprint density at radius 2 is 1.96 bits per heavy atom. The highest BCUT2D eigenvalue weighted by molar-refractivity contribution is 7.85. The fourth-order valence-corrected chi connectivity index (χ4v) is 5.25. The van der Waals surface area contributed by atoms with Gasteiger partial charge in [0.1, 0.15) is 16.5 Å². The van der Waals surface area contributed by atoms with Gasteiger partial charge in [-0.1, -0.05) is 20.8 Å². The van der Waals surface area contributed by atoms with Crippen LogP contribution in [0.1, 0.15) is 45.1 Å². The second kappa shape index (κ2) is 5.52. The zero-order chi connectivity index (χ0) is 16.2. The maximum Gasteiger partial charge on any atom is 0.146 e. The summed E-state index contributed by atoms with van der Waals surface area (Å²) in [4.78, 5) is 12.9. The maximum absolute atomic E-state index is 12.4. The Morgan fingerprint density at radius 3 is 2.57 bits per heavy atom. The smallest absolute Gasteiger partial charge is 0.146 e. The van der Waals surface area contributed by atoms with Gasteiger partial charge in [0.05, 0.1) is 16.5 Å². The number of nitrogens with zero attached hydrogens (tertiary/aromatic N) is 3. The van der Waals surface area contributed by atoms with Crippen LogP contribution in [-0.4, -0.2) is 50.5 Å². The summed E-state index contributed by atoms with van der Waals surface area (Å²) in [6.07, 6.45) is 3.34. The first-order valence-corrected chi connectivity index (χ1v) is 10.0. The number of piperidine rings is 3. The van der Waals surface area contributed by atoms with Crippen molar-refractivity contribution in [1.29, 1.82) is 0 Å². The molecule has 1 N–H and O–H groups in total. The van der Waals surface area contributed by atoms with E-state index in [1.54, 1.807) is 0 Å². The van der Waals surface area contributed by atoms with Crippen LogP contribution in [0.4, 0.5) is 5.82 Å². The first-order chi connectivity index (χ1) is 10.9. The van der Waals surface area contributed by atoms with E-state index >= 15 is 0 Å². The number of anilines is 1. The Balaban J connectivity index is 1.69. The molecule has 5 rings (SSSR count). The monoisotopic (exact) mass is 334 g/mol. The fraction of sp³-hybridized carbons (Fsp3) is 0.765. The average molecular weight is 334 g/mol. The van der Waals surface area contributed by atoms with Crippen molar-refractivity contribution in [2.45, 2.75) is 56.4 Å². The maximum atomic E-state index is 12.4. The molecule has 0 spiro atoms. The lowest BCUT2D eigenvalue weighted by atomic mass is 9.84. The zero-order valence-corrected chi connectivity index (χ0v) is 15.1. The molecular weight excluding hydrogens is 308 g/mol. The standard InChI is InChI=1S/C17H26N4OS/c1-17(2,3)16-19-12-6-9-23(22)14(12)15(20-16)18-13-10-21-7-4-11(13)5-8-21/h11,13H,4-10H2,1-3H3,(H,18,19,20). The Labute approximate surface area is 140 Å². The van der Waals surface area contributed by atoms with Gasteiger partial charge in [0.15, 0.2) is 0 Å². The van der Waals surface area contributed by atoms with Gasteiger partial charge in [-0.2, -0.15) is 0 Å². The second-order valence-electron chi connectivity index (χ2n) is 8.11. The third-order valence-corrected chi connectivity index (χ3v) is 6.80. The van der Waals surface area contributed by atoms with Crippen molar-refractivity contribution < 1.29 is 4.21 Å². The Kier molecular flexibility index (Phi) is 3.72.